The first-order valence-electron chi connectivity index (χ1n) is 6.80. The van der Waals surface area contributed by atoms with E-state index in [-0.39, 0.29) is 11.8 Å². The van der Waals surface area contributed by atoms with Crippen molar-refractivity contribution in [1.82, 2.24) is 4.90 Å². The van der Waals surface area contributed by atoms with Crippen molar-refractivity contribution in [3.05, 3.63) is 29.8 Å². The van der Waals surface area contributed by atoms with Gasteiger partial charge in [-0.2, -0.15) is 11.8 Å². The van der Waals surface area contributed by atoms with Crippen LogP contribution in [0.4, 0.5) is 5.69 Å². The molecular weight excluding hydrogens is 272 g/mol. The van der Waals surface area contributed by atoms with E-state index in [4.69, 9.17) is 0 Å². The summed E-state index contributed by atoms with van der Waals surface area (Å²) in [4.78, 5) is 25.5. The van der Waals surface area contributed by atoms with Gasteiger partial charge in [-0.05, 0) is 44.4 Å². The fraction of sp³-hybridized carbons (Fsp3) is 0.467. The Kier molecular flexibility index (Phi) is 7.15. The number of anilines is 1. The van der Waals surface area contributed by atoms with Gasteiger partial charge in [0, 0.05) is 36.5 Å². The third-order valence-corrected chi connectivity index (χ3v) is 3.61. The van der Waals surface area contributed by atoms with Gasteiger partial charge >= 0.3 is 0 Å². The molecule has 1 N–H and O–H groups in total. The van der Waals surface area contributed by atoms with Crippen LogP contribution in [0.1, 0.15) is 30.6 Å². The van der Waals surface area contributed by atoms with Crippen molar-refractivity contribution in [2.45, 2.75) is 20.3 Å². The first kappa shape index (κ1) is 16.6. The third-order valence-electron chi connectivity index (χ3n) is 3.00. The summed E-state index contributed by atoms with van der Waals surface area (Å²) in [7, 11) is 0. The van der Waals surface area contributed by atoms with E-state index < -0.39 is 0 Å². The first-order valence-corrected chi connectivity index (χ1v) is 8.19. The van der Waals surface area contributed by atoms with Gasteiger partial charge in [-0.25, -0.2) is 0 Å². The smallest absolute Gasteiger partial charge is 0.253 e. The fourth-order valence-electron chi connectivity index (χ4n) is 1.81. The number of nitrogens with zero attached hydrogens (tertiary/aromatic N) is 1. The molecular formula is C15H22N2O2S. The monoisotopic (exact) mass is 294 g/mol. The molecule has 0 aliphatic heterocycles. The number of hydrogen-bond donors (Lipinski definition) is 1. The van der Waals surface area contributed by atoms with Crippen LogP contribution >= 0.6 is 11.8 Å². The lowest BCUT2D eigenvalue weighted by molar-refractivity contribution is -0.115. The molecule has 4 nitrogen and oxygen atoms in total. The van der Waals surface area contributed by atoms with E-state index in [1.54, 1.807) is 40.9 Å². The fourth-order valence-corrected chi connectivity index (χ4v) is 2.20. The molecule has 0 spiro atoms. The summed E-state index contributed by atoms with van der Waals surface area (Å²) in [6.45, 7) is 5.31. The highest BCUT2D eigenvalue weighted by Gasteiger charge is 2.12. The molecule has 0 aliphatic carbocycles. The Bertz CT molecular complexity index is 442. The first-order chi connectivity index (χ1) is 9.62. The van der Waals surface area contributed by atoms with Crippen LogP contribution < -0.4 is 5.32 Å². The molecule has 0 heterocycles. The Morgan fingerprint density at radius 2 is 1.75 bits per heavy atom. The normalized spacial score (nSPS) is 10.2. The second kappa shape index (κ2) is 8.64. The predicted octanol–water partition coefficient (Wildman–Crippen LogP) is 2.86. The van der Waals surface area contributed by atoms with Crippen LogP contribution in [0.3, 0.4) is 0 Å². The van der Waals surface area contributed by atoms with E-state index in [0.717, 1.165) is 11.4 Å². The molecule has 1 rings (SSSR count). The number of amides is 2. The highest BCUT2D eigenvalue weighted by atomic mass is 32.2. The molecule has 0 aliphatic rings. The summed E-state index contributed by atoms with van der Waals surface area (Å²) >= 11 is 1.64. The van der Waals surface area contributed by atoms with E-state index in [2.05, 4.69) is 5.32 Å². The highest BCUT2D eigenvalue weighted by Crippen LogP contribution is 2.12. The van der Waals surface area contributed by atoms with Crippen molar-refractivity contribution in [1.29, 1.82) is 0 Å². The minimum atomic E-state index is 0.00201. The Morgan fingerprint density at radius 3 is 2.25 bits per heavy atom. The molecule has 20 heavy (non-hydrogen) atoms. The lowest BCUT2D eigenvalue weighted by Gasteiger charge is -2.18. The van der Waals surface area contributed by atoms with Crippen molar-refractivity contribution in [2.24, 2.45) is 0 Å². The molecule has 0 fully saturated rings. The predicted molar refractivity (Wildman–Crippen MR) is 85.3 cm³/mol. The molecule has 0 atom stereocenters. The average Bonchev–Trinajstić information content (AvgIpc) is 2.47. The minimum Gasteiger partial charge on any atom is -0.339 e. The Hall–Kier alpha value is -1.49. The van der Waals surface area contributed by atoms with Crippen LogP contribution in [0, 0.1) is 0 Å². The summed E-state index contributed by atoms with van der Waals surface area (Å²) in [5.41, 5.74) is 1.38. The van der Waals surface area contributed by atoms with Crippen molar-refractivity contribution in [3.8, 4) is 0 Å². The van der Waals surface area contributed by atoms with E-state index >= 15 is 0 Å². The SMILES string of the molecule is CCN(CC)C(=O)c1ccc(NC(=O)CCSC)cc1. The van der Waals surface area contributed by atoms with Crippen LogP contribution in [-0.2, 0) is 4.79 Å². The molecule has 2 amide bonds. The molecule has 0 bridgehead atoms. The highest BCUT2D eigenvalue weighted by molar-refractivity contribution is 7.98. The van der Waals surface area contributed by atoms with Gasteiger partial charge in [0.05, 0.1) is 0 Å². The molecule has 0 unspecified atom stereocenters. The topological polar surface area (TPSA) is 49.4 Å². The van der Waals surface area contributed by atoms with E-state index in [1.807, 2.05) is 20.1 Å². The van der Waals surface area contributed by atoms with Crippen LogP contribution in [-0.4, -0.2) is 41.8 Å². The van der Waals surface area contributed by atoms with Crippen molar-refractivity contribution >= 4 is 29.3 Å². The summed E-state index contributed by atoms with van der Waals surface area (Å²) in [6.07, 6.45) is 2.47. The zero-order valence-corrected chi connectivity index (χ0v) is 13.1. The third kappa shape index (κ3) is 4.89. The lowest BCUT2D eigenvalue weighted by Crippen LogP contribution is -2.30. The summed E-state index contributed by atoms with van der Waals surface area (Å²) in [6, 6.07) is 7.05. The standard InChI is InChI=1S/C15H22N2O2S/c1-4-17(5-2)15(19)12-6-8-13(9-7-12)16-14(18)10-11-20-3/h6-9H,4-5,10-11H2,1-3H3,(H,16,18). The summed E-state index contributed by atoms with van der Waals surface area (Å²) < 4.78 is 0. The summed E-state index contributed by atoms with van der Waals surface area (Å²) in [5.74, 6) is 0.835. The molecule has 0 saturated carbocycles. The maximum absolute atomic E-state index is 12.1. The number of carbonyl (C=O) groups is 2. The van der Waals surface area contributed by atoms with Gasteiger partial charge in [0.15, 0.2) is 0 Å². The average molecular weight is 294 g/mol. The van der Waals surface area contributed by atoms with E-state index in [1.165, 1.54) is 0 Å². The van der Waals surface area contributed by atoms with Gasteiger partial charge in [-0.15, -0.1) is 0 Å². The zero-order valence-electron chi connectivity index (χ0n) is 12.3. The number of hydrogen-bond acceptors (Lipinski definition) is 3. The van der Waals surface area contributed by atoms with Crippen LogP contribution in [0.15, 0.2) is 24.3 Å². The second-order valence-corrected chi connectivity index (χ2v) is 5.33. The molecule has 1 aromatic carbocycles. The van der Waals surface area contributed by atoms with Crippen LogP contribution in [0.2, 0.25) is 0 Å². The minimum absolute atomic E-state index is 0.00201. The van der Waals surface area contributed by atoms with Gasteiger partial charge in [0.25, 0.3) is 5.91 Å². The molecule has 0 aromatic heterocycles. The van der Waals surface area contributed by atoms with E-state index in [9.17, 15) is 9.59 Å². The molecule has 1 aromatic rings. The van der Waals surface area contributed by atoms with Gasteiger partial charge in [-0.1, -0.05) is 0 Å². The van der Waals surface area contributed by atoms with E-state index in [0.29, 0.717) is 25.1 Å². The Balaban J connectivity index is 2.64. The van der Waals surface area contributed by atoms with Gasteiger partial charge in [-0.3, -0.25) is 9.59 Å². The quantitative estimate of drug-likeness (QED) is 0.841. The molecule has 0 radical (unpaired) electrons. The molecule has 110 valence electrons. The second-order valence-electron chi connectivity index (χ2n) is 4.35. The van der Waals surface area contributed by atoms with Crippen LogP contribution in [0.5, 0.6) is 0 Å². The van der Waals surface area contributed by atoms with Crippen molar-refractivity contribution in [2.75, 3.05) is 30.4 Å². The van der Waals surface area contributed by atoms with Crippen molar-refractivity contribution in [3.63, 3.8) is 0 Å². The number of thioether (sulfide) groups is 1. The lowest BCUT2D eigenvalue weighted by atomic mass is 10.1. The van der Waals surface area contributed by atoms with Crippen LogP contribution in [0.25, 0.3) is 0 Å². The number of rotatable bonds is 7. The van der Waals surface area contributed by atoms with Gasteiger partial charge < -0.3 is 10.2 Å². The zero-order chi connectivity index (χ0) is 15.0. The largest absolute Gasteiger partial charge is 0.339 e. The van der Waals surface area contributed by atoms with Gasteiger partial charge in [0.1, 0.15) is 0 Å². The maximum atomic E-state index is 12.1. The maximum Gasteiger partial charge on any atom is 0.253 e. The molecule has 5 heteroatoms. The van der Waals surface area contributed by atoms with Gasteiger partial charge in [0.2, 0.25) is 5.91 Å². The number of benzene rings is 1. The van der Waals surface area contributed by atoms with Crippen molar-refractivity contribution < 1.29 is 9.59 Å². The Morgan fingerprint density at radius 1 is 1.15 bits per heavy atom. The number of carbonyl (C=O) groups excluding carboxylic acids is 2. The Labute approximate surface area is 124 Å². The summed E-state index contributed by atoms with van der Waals surface area (Å²) in [5, 5.41) is 2.82. The molecule has 0 saturated heterocycles. The number of nitrogens with one attached hydrogen (secondary N) is 1.